The minimum Gasteiger partial charge on any atom is -0.466 e. The van der Waals surface area contributed by atoms with E-state index in [-0.39, 0.29) is 36.1 Å². The molecule has 8 heteroatoms. The van der Waals surface area contributed by atoms with E-state index in [1.54, 1.807) is 42.5 Å². The van der Waals surface area contributed by atoms with Crippen molar-refractivity contribution in [3.05, 3.63) is 65.7 Å². The number of ether oxygens (including phenoxy) is 1. The first-order chi connectivity index (χ1) is 13.5. The maximum Gasteiger partial charge on any atom is 0.307 e. The van der Waals surface area contributed by atoms with Crippen LogP contribution in [0, 0.1) is 0 Å². The van der Waals surface area contributed by atoms with E-state index >= 15 is 0 Å². The smallest absolute Gasteiger partial charge is 0.307 e. The Kier molecular flexibility index (Phi) is 6.20. The lowest BCUT2D eigenvalue weighted by Gasteiger charge is -2.04. The molecule has 0 aliphatic carbocycles. The van der Waals surface area contributed by atoms with Gasteiger partial charge in [-0.2, -0.15) is 0 Å². The Balaban J connectivity index is 1.41. The van der Waals surface area contributed by atoms with Gasteiger partial charge in [0.1, 0.15) is 5.84 Å². The molecule has 146 valence electrons. The number of carbonyl (C=O) groups excluding carboxylic acids is 2. The van der Waals surface area contributed by atoms with Gasteiger partial charge in [-0.05, 0) is 18.6 Å². The summed E-state index contributed by atoms with van der Waals surface area (Å²) in [6, 6.07) is 15.5. The van der Waals surface area contributed by atoms with Crippen molar-refractivity contribution in [3.63, 3.8) is 0 Å². The highest BCUT2D eigenvalue weighted by Gasteiger charge is 2.29. The molecule has 0 bridgehead atoms. The molecule has 1 heterocycles. The summed E-state index contributed by atoms with van der Waals surface area (Å²) in [4.78, 5) is 28.1. The number of esters is 1. The lowest BCUT2D eigenvalue weighted by molar-refractivity contribution is -0.143. The number of nitrogens with zero attached hydrogens (tertiary/aromatic N) is 1. The summed E-state index contributed by atoms with van der Waals surface area (Å²) in [5.41, 5.74) is 1.14. The summed E-state index contributed by atoms with van der Waals surface area (Å²) in [5, 5.41) is 0. The standard InChI is InChI=1S/C20H20N2O5S/c23-17(15-7-2-1-3-8-15)10-6-14-27-19(24)12-13-21-20-16-9-4-5-11-18(16)28(25,26)22-20/h1-5,7-9,11H,6,10,12-14H2,(H,21,22). The molecular formula is C20H20N2O5S. The van der Waals surface area contributed by atoms with Crippen molar-refractivity contribution < 1.29 is 22.7 Å². The monoisotopic (exact) mass is 400 g/mol. The molecule has 7 nitrogen and oxygen atoms in total. The highest BCUT2D eigenvalue weighted by Crippen LogP contribution is 2.22. The van der Waals surface area contributed by atoms with Crippen molar-refractivity contribution >= 4 is 27.6 Å². The van der Waals surface area contributed by atoms with Gasteiger partial charge in [0.15, 0.2) is 5.78 Å². The van der Waals surface area contributed by atoms with Gasteiger partial charge in [-0.15, -0.1) is 0 Å². The number of benzene rings is 2. The molecule has 0 aromatic heterocycles. The second-order valence-corrected chi connectivity index (χ2v) is 7.85. The van der Waals surface area contributed by atoms with E-state index in [0.717, 1.165) is 0 Å². The van der Waals surface area contributed by atoms with Crippen LogP contribution >= 0.6 is 0 Å². The highest BCUT2D eigenvalue weighted by molar-refractivity contribution is 7.90. The lowest BCUT2D eigenvalue weighted by atomic mass is 10.1. The SMILES string of the molecule is O=C(CCN=C1NS(=O)(=O)c2ccccc21)OCCCC(=O)c1ccccc1. The first-order valence-corrected chi connectivity index (χ1v) is 10.4. The molecule has 0 radical (unpaired) electrons. The van der Waals surface area contributed by atoms with Crippen molar-refractivity contribution in [3.8, 4) is 0 Å². The van der Waals surface area contributed by atoms with Crippen LogP contribution in [0.5, 0.6) is 0 Å². The molecule has 3 rings (SSSR count). The van der Waals surface area contributed by atoms with Crippen LogP contribution in [0.15, 0.2) is 64.5 Å². The minimum absolute atomic E-state index is 0.00947. The molecule has 1 N–H and O–H groups in total. The predicted octanol–water partition coefficient (Wildman–Crippen LogP) is 2.32. The maximum atomic E-state index is 12.0. The fourth-order valence-electron chi connectivity index (χ4n) is 2.77. The largest absolute Gasteiger partial charge is 0.466 e. The fourth-order valence-corrected chi connectivity index (χ4v) is 4.02. The average molecular weight is 400 g/mol. The van der Waals surface area contributed by atoms with E-state index in [0.29, 0.717) is 24.0 Å². The third-order valence-corrected chi connectivity index (χ3v) is 5.55. The van der Waals surface area contributed by atoms with Crippen molar-refractivity contribution in [2.75, 3.05) is 13.2 Å². The zero-order valence-electron chi connectivity index (χ0n) is 15.1. The molecule has 0 unspecified atom stereocenters. The number of hydrogen-bond acceptors (Lipinski definition) is 6. The number of sulfonamides is 1. The third kappa shape index (κ3) is 4.83. The molecule has 0 spiro atoms. The Bertz CT molecular complexity index is 1000. The Labute approximate surface area is 163 Å². The van der Waals surface area contributed by atoms with Gasteiger partial charge in [0.25, 0.3) is 10.0 Å². The van der Waals surface area contributed by atoms with E-state index in [1.165, 1.54) is 6.07 Å². The van der Waals surface area contributed by atoms with Crippen molar-refractivity contribution in [1.29, 1.82) is 0 Å². The van der Waals surface area contributed by atoms with Gasteiger partial charge in [0.05, 0.1) is 24.5 Å². The normalized spacial score (nSPS) is 15.6. The predicted molar refractivity (Wildman–Crippen MR) is 104 cm³/mol. The van der Waals surface area contributed by atoms with Crippen LogP contribution in [0.4, 0.5) is 0 Å². The number of rotatable bonds is 8. The van der Waals surface area contributed by atoms with Crippen LogP contribution in [0.3, 0.4) is 0 Å². The summed E-state index contributed by atoms with van der Waals surface area (Å²) >= 11 is 0. The van der Waals surface area contributed by atoms with Crippen molar-refractivity contribution in [2.24, 2.45) is 4.99 Å². The summed E-state index contributed by atoms with van der Waals surface area (Å²) in [7, 11) is -3.58. The summed E-state index contributed by atoms with van der Waals surface area (Å²) in [5.74, 6) is -0.197. The number of Topliss-reactive ketones (excluding diaryl/α,β-unsaturated/α-hetero) is 1. The zero-order valence-corrected chi connectivity index (χ0v) is 15.9. The first kappa shape index (κ1) is 19.8. The van der Waals surface area contributed by atoms with E-state index in [4.69, 9.17) is 4.74 Å². The molecule has 0 saturated carbocycles. The van der Waals surface area contributed by atoms with Crippen molar-refractivity contribution in [2.45, 2.75) is 24.2 Å². The van der Waals surface area contributed by atoms with Gasteiger partial charge in [0.2, 0.25) is 0 Å². The van der Waals surface area contributed by atoms with E-state index in [2.05, 4.69) is 9.71 Å². The number of aliphatic imine (C=N–C) groups is 1. The maximum absolute atomic E-state index is 12.0. The molecule has 0 atom stereocenters. The second-order valence-electron chi connectivity index (χ2n) is 6.20. The quantitative estimate of drug-likeness (QED) is 0.416. The Morgan fingerprint density at radius 3 is 2.46 bits per heavy atom. The number of hydrogen-bond donors (Lipinski definition) is 1. The Hall–Kier alpha value is -3.00. The van der Waals surface area contributed by atoms with Crippen LogP contribution in [-0.4, -0.2) is 39.2 Å². The van der Waals surface area contributed by atoms with Gasteiger partial charge < -0.3 is 4.74 Å². The number of nitrogens with one attached hydrogen (secondary N) is 1. The zero-order chi connectivity index (χ0) is 20.0. The van der Waals surface area contributed by atoms with Gasteiger partial charge in [0, 0.05) is 17.5 Å². The molecule has 0 amide bonds. The molecule has 2 aromatic carbocycles. The molecular weight excluding hydrogens is 380 g/mol. The lowest BCUT2D eigenvalue weighted by Crippen LogP contribution is -2.22. The van der Waals surface area contributed by atoms with Crippen LogP contribution < -0.4 is 4.72 Å². The molecule has 1 aliphatic rings. The van der Waals surface area contributed by atoms with E-state index < -0.39 is 16.0 Å². The van der Waals surface area contributed by atoms with Crippen LogP contribution in [0.1, 0.15) is 35.2 Å². The fraction of sp³-hybridized carbons (Fsp3) is 0.250. The molecule has 28 heavy (non-hydrogen) atoms. The second kappa shape index (κ2) is 8.79. The Morgan fingerprint density at radius 1 is 0.964 bits per heavy atom. The summed E-state index contributed by atoms with van der Waals surface area (Å²) in [6.45, 7) is 0.261. The number of amidine groups is 1. The summed E-state index contributed by atoms with van der Waals surface area (Å²) in [6.07, 6.45) is 0.777. The summed E-state index contributed by atoms with van der Waals surface area (Å²) < 4.78 is 31.4. The number of ketones is 1. The number of fused-ring (bicyclic) bond motifs is 1. The average Bonchev–Trinajstić information content (AvgIpc) is 2.96. The molecule has 0 saturated heterocycles. The molecule has 0 fully saturated rings. The third-order valence-electron chi connectivity index (χ3n) is 4.16. The molecule has 2 aromatic rings. The highest BCUT2D eigenvalue weighted by atomic mass is 32.2. The van der Waals surface area contributed by atoms with Crippen LogP contribution in [-0.2, 0) is 19.6 Å². The van der Waals surface area contributed by atoms with Gasteiger partial charge in [-0.25, -0.2) is 8.42 Å². The van der Waals surface area contributed by atoms with Gasteiger partial charge in [-0.3, -0.25) is 19.3 Å². The first-order valence-electron chi connectivity index (χ1n) is 8.88. The van der Waals surface area contributed by atoms with Crippen molar-refractivity contribution in [1.82, 2.24) is 4.72 Å². The van der Waals surface area contributed by atoms with E-state index in [9.17, 15) is 18.0 Å². The van der Waals surface area contributed by atoms with Gasteiger partial charge in [-0.1, -0.05) is 42.5 Å². The number of carbonyl (C=O) groups is 2. The minimum atomic E-state index is -3.58. The van der Waals surface area contributed by atoms with Crippen LogP contribution in [0.25, 0.3) is 0 Å². The van der Waals surface area contributed by atoms with Gasteiger partial charge >= 0.3 is 5.97 Å². The van der Waals surface area contributed by atoms with E-state index in [1.807, 2.05) is 6.07 Å². The Morgan fingerprint density at radius 2 is 1.68 bits per heavy atom. The molecule has 1 aliphatic heterocycles. The van der Waals surface area contributed by atoms with Crippen LogP contribution in [0.2, 0.25) is 0 Å². The topological polar surface area (TPSA) is 102 Å².